The summed E-state index contributed by atoms with van der Waals surface area (Å²) in [5, 5.41) is 0. The highest BCUT2D eigenvalue weighted by Crippen LogP contribution is 2.35. The molecule has 0 fully saturated rings. The van der Waals surface area contributed by atoms with Crippen LogP contribution in [0.15, 0.2) is 47.5 Å². The zero-order chi connectivity index (χ0) is 12.7. The Kier molecular flexibility index (Phi) is 2.18. The summed E-state index contributed by atoms with van der Waals surface area (Å²) >= 11 is 0. The van der Waals surface area contributed by atoms with E-state index in [-0.39, 0.29) is 0 Å². The molecule has 0 aromatic heterocycles. The van der Waals surface area contributed by atoms with Crippen molar-refractivity contribution in [2.45, 2.75) is 0 Å². The molecular weight excluding hydrogens is 238 g/mol. The lowest BCUT2D eigenvalue weighted by molar-refractivity contribution is 0.174. The average molecular weight is 249 g/mol. The number of rotatable bonds is 1. The van der Waals surface area contributed by atoms with Gasteiger partial charge in [0.25, 0.3) is 0 Å². The van der Waals surface area contributed by atoms with Crippen LogP contribution in [0.5, 0.6) is 11.5 Å². The van der Waals surface area contributed by atoms with Crippen molar-refractivity contribution in [3.8, 4) is 11.5 Å². The zero-order valence-corrected chi connectivity index (χ0v) is 10.2. The maximum absolute atomic E-state index is 5.39. The van der Waals surface area contributed by atoms with Crippen molar-refractivity contribution in [2.24, 2.45) is 4.99 Å². The molecule has 0 saturated heterocycles. The summed E-state index contributed by atoms with van der Waals surface area (Å²) in [5.74, 6) is 1.61. The van der Waals surface area contributed by atoms with Crippen molar-refractivity contribution in [1.29, 1.82) is 0 Å². The Hall–Kier alpha value is -2.55. The summed E-state index contributed by atoms with van der Waals surface area (Å²) in [6.07, 6.45) is 4.01. The second-order valence-corrected chi connectivity index (χ2v) is 4.49. The lowest BCUT2D eigenvalue weighted by Crippen LogP contribution is -1.92. The quantitative estimate of drug-likeness (QED) is 0.772. The number of allylic oxidation sites excluding steroid dienone is 1. The van der Waals surface area contributed by atoms with Crippen LogP contribution in [-0.2, 0) is 0 Å². The van der Waals surface area contributed by atoms with Crippen molar-refractivity contribution in [3.63, 3.8) is 0 Å². The van der Waals surface area contributed by atoms with E-state index in [2.05, 4.69) is 17.1 Å². The minimum atomic E-state index is 0.305. The van der Waals surface area contributed by atoms with E-state index in [4.69, 9.17) is 9.47 Å². The standard InChI is InChI=1S/C16H11NO2/c1-2-4-14-13(3-1)12(9-17-14)7-11-5-6-15-16(8-11)19-10-18-15/h1-9H,10H2/b12-7-. The summed E-state index contributed by atoms with van der Waals surface area (Å²) < 4.78 is 10.7. The van der Waals surface area contributed by atoms with Gasteiger partial charge in [-0.3, -0.25) is 4.99 Å². The molecule has 2 aliphatic heterocycles. The van der Waals surface area contributed by atoms with E-state index in [1.165, 1.54) is 5.56 Å². The van der Waals surface area contributed by atoms with Crippen molar-refractivity contribution < 1.29 is 9.47 Å². The molecule has 3 nitrogen and oxygen atoms in total. The molecule has 2 aromatic carbocycles. The lowest BCUT2D eigenvalue weighted by atomic mass is 10.0. The number of nitrogens with zero attached hydrogens (tertiary/aromatic N) is 1. The second-order valence-electron chi connectivity index (χ2n) is 4.49. The minimum Gasteiger partial charge on any atom is -0.454 e. The Balaban J connectivity index is 1.76. The van der Waals surface area contributed by atoms with Crippen LogP contribution in [0.25, 0.3) is 11.6 Å². The summed E-state index contributed by atoms with van der Waals surface area (Å²) in [4.78, 5) is 4.40. The number of benzene rings is 2. The molecule has 3 heteroatoms. The van der Waals surface area contributed by atoms with E-state index in [0.717, 1.165) is 28.3 Å². The van der Waals surface area contributed by atoms with E-state index < -0.39 is 0 Å². The second kappa shape index (κ2) is 3.99. The number of hydrogen-bond acceptors (Lipinski definition) is 3. The molecule has 2 aromatic rings. The van der Waals surface area contributed by atoms with Crippen LogP contribution < -0.4 is 9.47 Å². The topological polar surface area (TPSA) is 30.8 Å². The van der Waals surface area contributed by atoms with Gasteiger partial charge in [-0.2, -0.15) is 0 Å². The first-order chi connectivity index (χ1) is 9.40. The molecule has 0 radical (unpaired) electrons. The molecule has 4 rings (SSSR count). The molecule has 2 aliphatic rings. The van der Waals surface area contributed by atoms with Crippen molar-refractivity contribution in [1.82, 2.24) is 0 Å². The predicted octanol–water partition coefficient (Wildman–Crippen LogP) is 3.67. The van der Waals surface area contributed by atoms with E-state index in [1.54, 1.807) is 0 Å². The summed E-state index contributed by atoms with van der Waals surface area (Å²) in [6.45, 7) is 0.305. The van der Waals surface area contributed by atoms with Gasteiger partial charge in [0.1, 0.15) is 0 Å². The normalized spacial score (nSPS) is 16.9. The smallest absolute Gasteiger partial charge is 0.231 e. The average Bonchev–Trinajstić information content (AvgIpc) is 3.06. The van der Waals surface area contributed by atoms with Crippen molar-refractivity contribution >= 4 is 23.6 Å². The largest absolute Gasteiger partial charge is 0.454 e. The van der Waals surface area contributed by atoms with Gasteiger partial charge < -0.3 is 9.47 Å². The maximum Gasteiger partial charge on any atom is 0.231 e. The van der Waals surface area contributed by atoms with Crippen LogP contribution in [0.1, 0.15) is 11.1 Å². The van der Waals surface area contributed by atoms with Gasteiger partial charge in [-0.1, -0.05) is 24.3 Å². The summed E-state index contributed by atoms with van der Waals surface area (Å²) in [7, 11) is 0. The van der Waals surface area contributed by atoms with E-state index >= 15 is 0 Å². The number of hydrogen-bond donors (Lipinski definition) is 0. The van der Waals surface area contributed by atoms with Gasteiger partial charge in [-0.25, -0.2) is 0 Å². The highest BCUT2D eigenvalue weighted by atomic mass is 16.7. The van der Waals surface area contributed by atoms with Gasteiger partial charge in [0, 0.05) is 17.4 Å². The number of aliphatic imine (C=N–C) groups is 1. The fourth-order valence-corrected chi connectivity index (χ4v) is 2.34. The third-order valence-electron chi connectivity index (χ3n) is 3.28. The van der Waals surface area contributed by atoms with Gasteiger partial charge in [0.15, 0.2) is 11.5 Å². The Bertz CT molecular complexity index is 716. The first-order valence-electron chi connectivity index (χ1n) is 6.15. The Morgan fingerprint density at radius 2 is 1.89 bits per heavy atom. The third-order valence-corrected chi connectivity index (χ3v) is 3.28. The Morgan fingerprint density at radius 1 is 1.00 bits per heavy atom. The van der Waals surface area contributed by atoms with Gasteiger partial charge in [-0.15, -0.1) is 0 Å². The van der Waals surface area contributed by atoms with Gasteiger partial charge in [0.2, 0.25) is 6.79 Å². The van der Waals surface area contributed by atoms with E-state index in [0.29, 0.717) is 6.79 Å². The minimum absolute atomic E-state index is 0.305. The molecule has 0 saturated carbocycles. The molecule has 0 bridgehead atoms. The van der Waals surface area contributed by atoms with Crippen LogP contribution in [0.4, 0.5) is 5.69 Å². The maximum atomic E-state index is 5.39. The van der Waals surface area contributed by atoms with Crippen LogP contribution in [0.3, 0.4) is 0 Å². The first kappa shape index (κ1) is 10.4. The molecular formula is C16H11NO2. The number of ether oxygens (including phenoxy) is 2. The molecule has 92 valence electrons. The molecule has 0 spiro atoms. The fourth-order valence-electron chi connectivity index (χ4n) is 2.34. The first-order valence-corrected chi connectivity index (χ1v) is 6.15. The third kappa shape index (κ3) is 1.71. The SMILES string of the molecule is C1=Nc2ccccc2/C1=C\c1ccc2c(c1)OCO2. The Morgan fingerprint density at radius 3 is 2.89 bits per heavy atom. The predicted molar refractivity (Wildman–Crippen MR) is 75.0 cm³/mol. The molecule has 19 heavy (non-hydrogen) atoms. The van der Waals surface area contributed by atoms with Gasteiger partial charge in [0.05, 0.1) is 5.69 Å². The van der Waals surface area contributed by atoms with Crippen LogP contribution in [0.2, 0.25) is 0 Å². The molecule has 0 amide bonds. The molecule has 0 atom stereocenters. The van der Waals surface area contributed by atoms with Crippen molar-refractivity contribution in [2.75, 3.05) is 6.79 Å². The molecule has 0 unspecified atom stereocenters. The number of para-hydroxylation sites is 1. The van der Waals surface area contributed by atoms with Crippen LogP contribution in [0, 0.1) is 0 Å². The van der Waals surface area contributed by atoms with Gasteiger partial charge >= 0.3 is 0 Å². The highest BCUT2D eigenvalue weighted by Gasteiger charge is 2.14. The summed E-state index contributed by atoms with van der Waals surface area (Å²) in [5.41, 5.74) is 4.39. The van der Waals surface area contributed by atoms with Crippen LogP contribution >= 0.6 is 0 Å². The van der Waals surface area contributed by atoms with Crippen molar-refractivity contribution in [3.05, 3.63) is 53.6 Å². The van der Waals surface area contributed by atoms with Gasteiger partial charge in [-0.05, 0) is 29.8 Å². The number of fused-ring (bicyclic) bond motifs is 2. The summed E-state index contributed by atoms with van der Waals surface area (Å²) in [6, 6.07) is 14.1. The monoisotopic (exact) mass is 249 g/mol. The highest BCUT2D eigenvalue weighted by molar-refractivity contribution is 6.21. The molecule has 0 aliphatic carbocycles. The zero-order valence-electron chi connectivity index (χ0n) is 10.2. The fraction of sp³-hybridized carbons (Fsp3) is 0.0625. The van der Waals surface area contributed by atoms with E-state index in [9.17, 15) is 0 Å². The molecule has 0 N–H and O–H groups in total. The van der Waals surface area contributed by atoms with E-state index in [1.807, 2.05) is 42.6 Å². The van der Waals surface area contributed by atoms with Crippen LogP contribution in [-0.4, -0.2) is 13.0 Å². The lowest BCUT2D eigenvalue weighted by Gasteiger charge is -2.01. The molecule has 2 heterocycles. The Labute approximate surface area is 110 Å².